The molecule has 3 heterocycles. The van der Waals surface area contributed by atoms with E-state index in [1.165, 1.54) is 19.3 Å². The van der Waals surface area contributed by atoms with Crippen LogP contribution < -0.4 is 9.80 Å². The van der Waals surface area contributed by atoms with Crippen molar-refractivity contribution >= 4 is 17.7 Å². The highest BCUT2D eigenvalue weighted by Crippen LogP contribution is 2.20. The summed E-state index contributed by atoms with van der Waals surface area (Å²) in [6.07, 6.45) is 5.59. The number of amides is 1. The molecule has 6 heteroatoms. The van der Waals surface area contributed by atoms with Gasteiger partial charge in [0.2, 0.25) is 5.95 Å². The summed E-state index contributed by atoms with van der Waals surface area (Å²) in [7, 11) is 0. The first-order valence-electron chi connectivity index (χ1n) is 9.90. The minimum absolute atomic E-state index is 0.129. The lowest BCUT2D eigenvalue weighted by Gasteiger charge is -2.36. The van der Waals surface area contributed by atoms with Crippen molar-refractivity contribution in [1.29, 1.82) is 0 Å². The Kier molecular flexibility index (Phi) is 5.23. The molecule has 2 aliphatic heterocycles. The van der Waals surface area contributed by atoms with Gasteiger partial charge in [-0.25, -0.2) is 4.98 Å². The molecular weight excluding hydrogens is 338 g/mol. The van der Waals surface area contributed by atoms with Gasteiger partial charge in [-0.15, -0.1) is 0 Å². The van der Waals surface area contributed by atoms with Crippen LogP contribution in [0.5, 0.6) is 0 Å². The topological polar surface area (TPSA) is 52.6 Å². The molecule has 0 atom stereocenters. The number of piperidine rings is 1. The molecule has 6 nitrogen and oxygen atoms in total. The predicted octanol–water partition coefficient (Wildman–Crippen LogP) is 2.74. The van der Waals surface area contributed by atoms with Gasteiger partial charge in [0, 0.05) is 51.0 Å². The van der Waals surface area contributed by atoms with Crippen LogP contribution in [0.3, 0.4) is 0 Å². The highest BCUT2D eigenvalue weighted by molar-refractivity contribution is 5.95. The van der Waals surface area contributed by atoms with Crippen LogP contribution in [0.4, 0.5) is 11.8 Å². The monoisotopic (exact) mass is 365 g/mol. The van der Waals surface area contributed by atoms with Crippen molar-refractivity contribution in [1.82, 2.24) is 14.9 Å². The number of hydrogen-bond acceptors (Lipinski definition) is 5. The maximum Gasteiger partial charge on any atom is 0.254 e. The second kappa shape index (κ2) is 7.94. The fourth-order valence-electron chi connectivity index (χ4n) is 3.88. The van der Waals surface area contributed by atoms with E-state index in [0.29, 0.717) is 0 Å². The number of nitrogens with zero attached hydrogens (tertiary/aromatic N) is 5. The maximum absolute atomic E-state index is 12.8. The number of carbonyl (C=O) groups is 1. The molecule has 2 fully saturated rings. The zero-order chi connectivity index (χ0) is 18.6. The Morgan fingerprint density at radius 3 is 2.37 bits per heavy atom. The third kappa shape index (κ3) is 3.89. The van der Waals surface area contributed by atoms with Crippen molar-refractivity contribution in [3.63, 3.8) is 0 Å². The molecule has 142 valence electrons. The molecule has 0 aliphatic carbocycles. The van der Waals surface area contributed by atoms with E-state index in [1.54, 1.807) is 0 Å². The summed E-state index contributed by atoms with van der Waals surface area (Å²) in [6.45, 7) is 7.12. The molecule has 1 aromatic heterocycles. The molecule has 27 heavy (non-hydrogen) atoms. The number of anilines is 2. The third-order valence-electron chi connectivity index (χ3n) is 5.53. The summed E-state index contributed by atoms with van der Waals surface area (Å²) >= 11 is 0. The number of hydrogen-bond donors (Lipinski definition) is 0. The Labute approximate surface area is 160 Å². The Bertz CT molecular complexity index is 795. The van der Waals surface area contributed by atoms with E-state index in [9.17, 15) is 4.79 Å². The average molecular weight is 365 g/mol. The Morgan fingerprint density at radius 2 is 1.63 bits per heavy atom. The van der Waals surface area contributed by atoms with Crippen molar-refractivity contribution < 1.29 is 4.79 Å². The van der Waals surface area contributed by atoms with Gasteiger partial charge in [0.05, 0.1) is 0 Å². The fourth-order valence-corrected chi connectivity index (χ4v) is 3.88. The molecule has 0 spiro atoms. The normalized spacial score (nSPS) is 17.9. The van der Waals surface area contributed by atoms with E-state index in [0.717, 1.165) is 62.2 Å². The summed E-state index contributed by atoms with van der Waals surface area (Å²) in [6, 6.07) is 9.79. The van der Waals surface area contributed by atoms with E-state index in [1.807, 2.05) is 48.4 Å². The van der Waals surface area contributed by atoms with Crippen LogP contribution in [0.2, 0.25) is 0 Å². The fraction of sp³-hybridized carbons (Fsp3) is 0.476. The molecule has 4 rings (SSSR count). The highest BCUT2D eigenvalue weighted by Gasteiger charge is 2.24. The lowest BCUT2D eigenvalue weighted by atomic mass is 10.1. The van der Waals surface area contributed by atoms with Crippen molar-refractivity contribution in [2.75, 3.05) is 49.1 Å². The van der Waals surface area contributed by atoms with Gasteiger partial charge < -0.3 is 14.7 Å². The van der Waals surface area contributed by atoms with Crippen molar-refractivity contribution in [2.45, 2.75) is 26.2 Å². The first kappa shape index (κ1) is 17.8. The average Bonchev–Trinajstić information content (AvgIpc) is 2.74. The van der Waals surface area contributed by atoms with Crippen LogP contribution in [0.15, 0.2) is 36.5 Å². The predicted molar refractivity (Wildman–Crippen MR) is 107 cm³/mol. The van der Waals surface area contributed by atoms with Gasteiger partial charge in [-0.3, -0.25) is 4.79 Å². The molecule has 0 saturated carbocycles. The van der Waals surface area contributed by atoms with E-state index < -0.39 is 0 Å². The van der Waals surface area contributed by atoms with E-state index in [2.05, 4.69) is 14.8 Å². The number of benzene rings is 1. The lowest BCUT2D eigenvalue weighted by Crippen LogP contribution is -2.49. The van der Waals surface area contributed by atoms with Gasteiger partial charge in [0.1, 0.15) is 5.82 Å². The molecular formula is C21H27N5O. The van der Waals surface area contributed by atoms with Crippen LogP contribution in [0, 0.1) is 6.92 Å². The van der Waals surface area contributed by atoms with Crippen molar-refractivity contribution in [3.05, 3.63) is 47.7 Å². The molecule has 0 bridgehead atoms. The van der Waals surface area contributed by atoms with Gasteiger partial charge in [-0.2, -0.15) is 4.98 Å². The van der Waals surface area contributed by atoms with E-state index >= 15 is 0 Å². The first-order chi connectivity index (χ1) is 13.2. The van der Waals surface area contributed by atoms with Gasteiger partial charge in [-0.05, 0) is 43.9 Å². The van der Waals surface area contributed by atoms with Crippen molar-refractivity contribution in [2.24, 2.45) is 0 Å². The lowest BCUT2D eigenvalue weighted by molar-refractivity contribution is 0.0746. The van der Waals surface area contributed by atoms with E-state index in [-0.39, 0.29) is 5.91 Å². The van der Waals surface area contributed by atoms with Gasteiger partial charge in [-0.1, -0.05) is 18.2 Å². The number of piperazine rings is 1. The molecule has 0 N–H and O–H groups in total. The SMILES string of the molecule is Cc1ccccc1C(=O)N1CCN(c2ccnc(N3CCCCC3)n2)CC1. The Balaban J connectivity index is 1.40. The minimum Gasteiger partial charge on any atom is -0.353 e. The number of aryl methyl sites for hydroxylation is 1. The minimum atomic E-state index is 0.129. The van der Waals surface area contributed by atoms with Gasteiger partial charge in [0.15, 0.2) is 0 Å². The second-order valence-corrected chi connectivity index (χ2v) is 7.36. The van der Waals surface area contributed by atoms with Crippen LogP contribution >= 0.6 is 0 Å². The smallest absolute Gasteiger partial charge is 0.254 e. The van der Waals surface area contributed by atoms with E-state index in [4.69, 9.17) is 4.98 Å². The van der Waals surface area contributed by atoms with Crippen LogP contribution in [-0.4, -0.2) is 60.0 Å². The zero-order valence-electron chi connectivity index (χ0n) is 16.0. The molecule has 0 unspecified atom stereocenters. The number of aromatic nitrogens is 2. The quantitative estimate of drug-likeness (QED) is 0.837. The summed E-state index contributed by atoms with van der Waals surface area (Å²) in [4.78, 5) is 28.6. The Morgan fingerprint density at radius 1 is 0.889 bits per heavy atom. The summed E-state index contributed by atoms with van der Waals surface area (Å²) in [5.41, 5.74) is 1.84. The molecule has 0 radical (unpaired) electrons. The molecule has 1 aromatic carbocycles. The zero-order valence-corrected chi connectivity index (χ0v) is 16.0. The number of carbonyl (C=O) groups excluding carboxylic acids is 1. The third-order valence-corrected chi connectivity index (χ3v) is 5.53. The second-order valence-electron chi connectivity index (χ2n) is 7.36. The summed E-state index contributed by atoms with van der Waals surface area (Å²) in [5, 5.41) is 0. The van der Waals surface area contributed by atoms with Crippen LogP contribution in [-0.2, 0) is 0 Å². The number of rotatable bonds is 3. The molecule has 1 amide bonds. The van der Waals surface area contributed by atoms with Gasteiger partial charge >= 0.3 is 0 Å². The maximum atomic E-state index is 12.8. The Hall–Kier alpha value is -2.63. The first-order valence-corrected chi connectivity index (χ1v) is 9.90. The summed E-state index contributed by atoms with van der Waals surface area (Å²) in [5.74, 6) is 1.93. The standard InChI is InChI=1S/C21H27N5O/c1-17-7-3-4-8-18(17)20(27)25-15-13-24(14-16-25)19-9-10-22-21(23-19)26-11-5-2-6-12-26/h3-4,7-10H,2,5-6,11-16H2,1H3. The molecule has 2 aromatic rings. The van der Waals surface area contributed by atoms with Crippen LogP contribution in [0.25, 0.3) is 0 Å². The van der Waals surface area contributed by atoms with Crippen LogP contribution in [0.1, 0.15) is 35.2 Å². The van der Waals surface area contributed by atoms with Gasteiger partial charge in [0.25, 0.3) is 5.91 Å². The summed E-state index contributed by atoms with van der Waals surface area (Å²) < 4.78 is 0. The largest absolute Gasteiger partial charge is 0.353 e. The molecule has 2 saturated heterocycles. The van der Waals surface area contributed by atoms with Crippen molar-refractivity contribution in [3.8, 4) is 0 Å². The molecule has 2 aliphatic rings. The highest BCUT2D eigenvalue weighted by atomic mass is 16.2.